The molecular formula is C16H17BrN4O. The molecule has 1 aliphatic rings. The molecule has 0 bridgehead atoms. The molecule has 1 fully saturated rings. The second-order valence-electron chi connectivity index (χ2n) is 5.26. The first-order valence-electron chi connectivity index (χ1n) is 7.38. The van der Waals surface area contributed by atoms with Gasteiger partial charge in [0, 0.05) is 17.6 Å². The zero-order chi connectivity index (χ0) is 15.4. The minimum Gasteiger partial charge on any atom is -0.355 e. The number of carbonyl (C=O) groups is 1. The maximum Gasteiger partial charge on any atom is 0.276 e. The zero-order valence-electron chi connectivity index (χ0n) is 12.1. The van der Waals surface area contributed by atoms with E-state index in [9.17, 15) is 4.79 Å². The SMILES string of the molecule is O=C(Nc1ccccc1Br)c1ccc(N2CCCCC2)nn1. The number of halogens is 1. The van der Waals surface area contributed by atoms with Gasteiger partial charge in [0.2, 0.25) is 0 Å². The summed E-state index contributed by atoms with van der Waals surface area (Å²) < 4.78 is 0.834. The summed E-state index contributed by atoms with van der Waals surface area (Å²) in [6.45, 7) is 2.02. The summed E-state index contributed by atoms with van der Waals surface area (Å²) in [6, 6.07) is 11.1. The first kappa shape index (κ1) is 15.0. The third kappa shape index (κ3) is 3.44. The van der Waals surface area contributed by atoms with Gasteiger partial charge in [-0.2, -0.15) is 0 Å². The summed E-state index contributed by atoms with van der Waals surface area (Å²) in [5.41, 5.74) is 1.03. The van der Waals surface area contributed by atoms with Crippen LogP contribution >= 0.6 is 15.9 Å². The third-order valence-corrected chi connectivity index (χ3v) is 4.38. The molecule has 22 heavy (non-hydrogen) atoms. The highest BCUT2D eigenvalue weighted by Gasteiger charge is 2.14. The van der Waals surface area contributed by atoms with E-state index in [2.05, 4.69) is 36.3 Å². The van der Waals surface area contributed by atoms with E-state index in [-0.39, 0.29) is 5.91 Å². The molecule has 0 radical (unpaired) electrons. The van der Waals surface area contributed by atoms with Crippen molar-refractivity contribution in [3.05, 3.63) is 46.6 Å². The molecule has 2 aromatic rings. The van der Waals surface area contributed by atoms with Gasteiger partial charge in [0.15, 0.2) is 11.5 Å². The van der Waals surface area contributed by atoms with E-state index in [1.165, 1.54) is 19.3 Å². The van der Waals surface area contributed by atoms with Crippen LogP contribution in [0, 0.1) is 0 Å². The fourth-order valence-electron chi connectivity index (χ4n) is 2.49. The number of anilines is 2. The molecule has 5 nitrogen and oxygen atoms in total. The van der Waals surface area contributed by atoms with E-state index >= 15 is 0 Å². The Morgan fingerprint density at radius 2 is 1.82 bits per heavy atom. The standard InChI is InChI=1S/C16H17BrN4O/c17-12-6-2-3-7-13(12)18-16(22)14-8-9-15(20-19-14)21-10-4-1-5-11-21/h2-3,6-9H,1,4-5,10-11H2,(H,18,22). The number of piperidine rings is 1. The van der Waals surface area contributed by atoms with Crippen molar-refractivity contribution in [1.82, 2.24) is 10.2 Å². The van der Waals surface area contributed by atoms with Crippen LogP contribution in [-0.4, -0.2) is 29.2 Å². The maximum absolute atomic E-state index is 12.2. The van der Waals surface area contributed by atoms with Gasteiger partial charge in [-0.1, -0.05) is 12.1 Å². The van der Waals surface area contributed by atoms with E-state index in [1.54, 1.807) is 6.07 Å². The lowest BCUT2D eigenvalue weighted by atomic mass is 10.1. The zero-order valence-corrected chi connectivity index (χ0v) is 13.7. The van der Waals surface area contributed by atoms with Gasteiger partial charge in [-0.15, -0.1) is 10.2 Å². The van der Waals surface area contributed by atoms with E-state index in [1.807, 2.05) is 30.3 Å². The first-order chi connectivity index (χ1) is 10.7. The van der Waals surface area contributed by atoms with Gasteiger partial charge in [-0.3, -0.25) is 4.79 Å². The lowest BCUT2D eigenvalue weighted by molar-refractivity contribution is 0.102. The monoisotopic (exact) mass is 360 g/mol. The van der Waals surface area contributed by atoms with E-state index < -0.39 is 0 Å². The van der Waals surface area contributed by atoms with Crippen LogP contribution in [0.4, 0.5) is 11.5 Å². The Kier molecular flexibility index (Phi) is 4.68. The molecule has 0 aliphatic carbocycles. The Morgan fingerprint density at radius 3 is 2.50 bits per heavy atom. The van der Waals surface area contributed by atoms with Gasteiger partial charge >= 0.3 is 0 Å². The van der Waals surface area contributed by atoms with Crippen molar-refractivity contribution >= 4 is 33.3 Å². The summed E-state index contributed by atoms with van der Waals surface area (Å²) in [5, 5.41) is 11.1. The Labute approximate surface area is 137 Å². The first-order valence-corrected chi connectivity index (χ1v) is 8.18. The van der Waals surface area contributed by atoms with Crippen molar-refractivity contribution in [2.24, 2.45) is 0 Å². The molecule has 6 heteroatoms. The molecule has 1 aromatic carbocycles. The molecule has 0 saturated carbocycles. The molecule has 114 valence electrons. The molecule has 1 aromatic heterocycles. The molecule has 1 amide bonds. The highest BCUT2D eigenvalue weighted by Crippen LogP contribution is 2.22. The van der Waals surface area contributed by atoms with Gasteiger partial charge in [-0.05, 0) is 59.5 Å². The van der Waals surface area contributed by atoms with Gasteiger partial charge in [0.05, 0.1) is 5.69 Å². The summed E-state index contributed by atoms with van der Waals surface area (Å²) >= 11 is 3.40. The number of para-hydroxylation sites is 1. The highest BCUT2D eigenvalue weighted by molar-refractivity contribution is 9.10. The Bertz CT molecular complexity index is 653. The van der Waals surface area contributed by atoms with Crippen LogP contribution in [0.25, 0.3) is 0 Å². The number of hydrogen-bond donors (Lipinski definition) is 1. The van der Waals surface area contributed by atoms with Crippen molar-refractivity contribution in [1.29, 1.82) is 0 Å². The summed E-state index contributed by atoms with van der Waals surface area (Å²) in [7, 11) is 0. The van der Waals surface area contributed by atoms with Gasteiger partial charge in [0.1, 0.15) is 0 Å². The largest absolute Gasteiger partial charge is 0.355 e. The van der Waals surface area contributed by atoms with E-state index in [0.717, 1.165) is 29.1 Å². The number of benzene rings is 1. The second kappa shape index (κ2) is 6.87. The summed E-state index contributed by atoms with van der Waals surface area (Å²) in [4.78, 5) is 14.4. The molecular weight excluding hydrogens is 344 g/mol. The van der Waals surface area contributed by atoms with Crippen LogP contribution in [0.3, 0.4) is 0 Å². The maximum atomic E-state index is 12.2. The number of amides is 1. The molecule has 3 rings (SSSR count). The normalized spacial score (nSPS) is 14.7. The van der Waals surface area contributed by atoms with Gasteiger partial charge in [0.25, 0.3) is 5.91 Å². The molecule has 1 saturated heterocycles. The van der Waals surface area contributed by atoms with E-state index in [0.29, 0.717) is 5.69 Å². The van der Waals surface area contributed by atoms with Crippen LogP contribution in [0.1, 0.15) is 29.8 Å². The molecule has 1 aliphatic heterocycles. The minimum atomic E-state index is -0.260. The van der Waals surface area contributed by atoms with Crippen molar-refractivity contribution in [2.75, 3.05) is 23.3 Å². The van der Waals surface area contributed by atoms with Crippen LogP contribution in [0.5, 0.6) is 0 Å². The van der Waals surface area contributed by atoms with Crippen molar-refractivity contribution in [2.45, 2.75) is 19.3 Å². The Morgan fingerprint density at radius 1 is 1.05 bits per heavy atom. The number of aromatic nitrogens is 2. The summed E-state index contributed by atoms with van der Waals surface area (Å²) in [6.07, 6.45) is 3.65. The van der Waals surface area contributed by atoms with Crippen molar-refractivity contribution in [3.8, 4) is 0 Å². The van der Waals surface area contributed by atoms with Crippen LogP contribution in [0.15, 0.2) is 40.9 Å². The molecule has 1 N–H and O–H groups in total. The number of nitrogens with zero attached hydrogens (tertiary/aromatic N) is 3. The fraction of sp³-hybridized carbons (Fsp3) is 0.312. The minimum absolute atomic E-state index is 0.260. The second-order valence-corrected chi connectivity index (χ2v) is 6.11. The average molecular weight is 361 g/mol. The Balaban J connectivity index is 1.69. The van der Waals surface area contributed by atoms with Crippen LogP contribution in [-0.2, 0) is 0 Å². The van der Waals surface area contributed by atoms with Gasteiger partial charge in [-0.25, -0.2) is 0 Å². The van der Waals surface area contributed by atoms with Crippen molar-refractivity contribution < 1.29 is 4.79 Å². The predicted molar refractivity (Wildman–Crippen MR) is 90.2 cm³/mol. The quantitative estimate of drug-likeness (QED) is 0.910. The molecule has 0 atom stereocenters. The smallest absolute Gasteiger partial charge is 0.276 e. The lowest BCUT2D eigenvalue weighted by Crippen LogP contribution is -2.30. The molecule has 0 unspecified atom stereocenters. The number of carbonyl (C=O) groups excluding carboxylic acids is 1. The average Bonchev–Trinajstić information content (AvgIpc) is 2.58. The van der Waals surface area contributed by atoms with Crippen LogP contribution < -0.4 is 10.2 Å². The summed E-state index contributed by atoms with van der Waals surface area (Å²) in [5.74, 6) is 0.585. The topological polar surface area (TPSA) is 58.1 Å². The number of rotatable bonds is 3. The third-order valence-electron chi connectivity index (χ3n) is 3.69. The Hall–Kier alpha value is -1.95. The fourth-order valence-corrected chi connectivity index (χ4v) is 2.87. The highest BCUT2D eigenvalue weighted by atomic mass is 79.9. The van der Waals surface area contributed by atoms with Crippen molar-refractivity contribution in [3.63, 3.8) is 0 Å². The number of hydrogen-bond acceptors (Lipinski definition) is 4. The molecule has 2 heterocycles. The van der Waals surface area contributed by atoms with E-state index in [4.69, 9.17) is 0 Å². The predicted octanol–water partition coefficient (Wildman–Crippen LogP) is 3.48. The number of nitrogens with one attached hydrogen (secondary N) is 1. The molecule has 0 spiro atoms. The lowest BCUT2D eigenvalue weighted by Gasteiger charge is -2.27. The van der Waals surface area contributed by atoms with Crippen LogP contribution in [0.2, 0.25) is 0 Å². The van der Waals surface area contributed by atoms with Gasteiger partial charge < -0.3 is 10.2 Å².